The van der Waals surface area contributed by atoms with Crippen molar-refractivity contribution >= 4 is 11.5 Å². The van der Waals surface area contributed by atoms with E-state index in [9.17, 15) is 0 Å². The number of hydrogen-bond acceptors (Lipinski definition) is 3. The summed E-state index contributed by atoms with van der Waals surface area (Å²) in [5, 5.41) is 7.94. The van der Waals surface area contributed by atoms with Gasteiger partial charge >= 0.3 is 0 Å². The molecule has 1 fully saturated rings. The van der Waals surface area contributed by atoms with Crippen molar-refractivity contribution in [3.8, 4) is 0 Å². The Hall–Kier alpha value is -1.19. The average molecular weight is 208 g/mol. The topological polar surface area (TPSA) is 55.9 Å². The van der Waals surface area contributed by atoms with Gasteiger partial charge in [0, 0.05) is 12.1 Å². The van der Waals surface area contributed by atoms with Crippen molar-refractivity contribution in [1.29, 1.82) is 0 Å². The zero-order valence-electron chi connectivity index (χ0n) is 9.75. The molecule has 0 saturated heterocycles. The molecule has 0 bridgehead atoms. The van der Waals surface area contributed by atoms with Gasteiger partial charge in [0.25, 0.3) is 0 Å². The molecule has 1 aliphatic rings. The summed E-state index contributed by atoms with van der Waals surface area (Å²) in [7, 11) is 0. The number of aryl methyl sites for hydroxylation is 1. The summed E-state index contributed by atoms with van der Waals surface area (Å²) in [6.07, 6.45) is 3.83. The van der Waals surface area contributed by atoms with Crippen LogP contribution in [-0.4, -0.2) is 15.8 Å². The molecule has 0 aliphatic heterocycles. The van der Waals surface area contributed by atoms with Gasteiger partial charge in [-0.1, -0.05) is 0 Å². The average Bonchev–Trinajstić information content (AvgIpc) is 2.38. The first-order valence-corrected chi connectivity index (χ1v) is 5.70. The molecule has 0 amide bonds. The zero-order chi connectivity index (χ0) is 11.0. The van der Waals surface area contributed by atoms with E-state index < -0.39 is 0 Å². The standard InChI is InChI=1S/C11H20N4/c1-7(2)15-11(10(12)8(3)14-15)13-9-5-4-6-9/h7,9,13H,4-6,12H2,1-3H3. The van der Waals surface area contributed by atoms with Crippen LogP contribution in [-0.2, 0) is 0 Å². The largest absolute Gasteiger partial charge is 0.394 e. The van der Waals surface area contributed by atoms with Gasteiger partial charge in [-0.05, 0) is 40.0 Å². The smallest absolute Gasteiger partial charge is 0.148 e. The summed E-state index contributed by atoms with van der Waals surface area (Å²) in [5.74, 6) is 1.01. The third-order valence-corrected chi connectivity index (χ3v) is 3.07. The van der Waals surface area contributed by atoms with Crippen molar-refractivity contribution in [3.63, 3.8) is 0 Å². The fourth-order valence-electron chi connectivity index (χ4n) is 1.82. The maximum atomic E-state index is 6.02. The lowest BCUT2D eigenvalue weighted by atomic mass is 9.93. The van der Waals surface area contributed by atoms with Crippen LogP contribution in [0, 0.1) is 6.92 Å². The minimum Gasteiger partial charge on any atom is -0.394 e. The van der Waals surface area contributed by atoms with E-state index in [1.54, 1.807) is 0 Å². The predicted octanol–water partition coefficient (Wildman–Crippen LogP) is 2.32. The minimum atomic E-state index is 0.351. The van der Waals surface area contributed by atoms with Gasteiger partial charge in [0.1, 0.15) is 5.82 Å². The molecule has 1 aromatic heterocycles. The number of rotatable bonds is 3. The second kappa shape index (κ2) is 3.76. The van der Waals surface area contributed by atoms with Crippen LogP contribution in [0.25, 0.3) is 0 Å². The third kappa shape index (κ3) is 1.80. The minimum absolute atomic E-state index is 0.351. The summed E-state index contributed by atoms with van der Waals surface area (Å²) in [5.41, 5.74) is 7.75. The van der Waals surface area contributed by atoms with Crippen molar-refractivity contribution in [2.75, 3.05) is 11.1 Å². The van der Waals surface area contributed by atoms with Crippen LogP contribution >= 0.6 is 0 Å². The van der Waals surface area contributed by atoms with E-state index in [1.165, 1.54) is 19.3 Å². The monoisotopic (exact) mass is 208 g/mol. The van der Waals surface area contributed by atoms with E-state index in [0.717, 1.165) is 17.2 Å². The van der Waals surface area contributed by atoms with Crippen molar-refractivity contribution in [2.45, 2.75) is 52.1 Å². The number of nitrogens with zero attached hydrogens (tertiary/aromatic N) is 2. The SMILES string of the molecule is Cc1nn(C(C)C)c(NC2CCC2)c1N. The summed E-state index contributed by atoms with van der Waals surface area (Å²) in [6.45, 7) is 6.20. The van der Waals surface area contributed by atoms with Crippen LogP contribution in [0.5, 0.6) is 0 Å². The molecule has 1 aromatic rings. The Labute approximate surface area is 90.8 Å². The molecule has 1 saturated carbocycles. The Morgan fingerprint density at radius 2 is 2.13 bits per heavy atom. The number of nitrogens with two attached hydrogens (primary N) is 1. The van der Waals surface area contributed by atoms with E-state index in [2.05, 4.69) is 24.3 Å². The molecular weight excluding hydrogens is 188 g/mol. The van der Waals surface area contributed by atoms with E-state index in [-0.39, 0.29) is 0 Å². The van der Waals surface area contributed by atoms with E-state index in [0.29, 0.717) is 12.1 Å². The fourth-order valence-corrected chi connectivity index (χ4v) is 1.82. The van der Waals surface area contributed by atoms with E-state index >= 15 is 0 Å². The molecule has 84 valence electrons. The molecule has 1 heterocycles. The maximum absolute atomic E-state index is 6.02. The van der Waals surface area contributed by atoms with Gasteiger partial charge in [-0.3, -0.25) is 0 Å². The number of nitrogen functional groups attached to an aromatic ring is 1. The highest BCUT2D eigenvalue weighted by atomic mass is 15.4. The maximum Gasteiger partial charge on any atom is 0.148 e. The van der Waals surface area contributed by atoms with E-state index in [4.69, 9.17) is 5.73 Å². The van der Waals surface area contributed by atoms with Crippen LogP contribution in [0.3, 0.4) is 0 Å². The molecule has 0 unspecified atom stereocenters. The Balaban J connectivity index is 2.25. The number of nitrogens with one attached hydrogen (secondary N) is 1. The fraction of sp³-hybridized carbons (Fsp3) is 0.727. The molecule has 0 atom stereocenters. The van der Waals surface area contributed by atoms with Crippen LogP contribution in [0.2, 0.25) is 0 Å². The molecule has 4 heteroatoms. The number of anilines is 2. The van der Waals surface area contributed by atoms with Crippen LogP contribution in [0.4, 0.5) is 11.5 Å². The normalized spacial score (nSPS) is 16.8. The van der Waals surface area contributed by atoms with Crippen molar-refractivity contribution in [2.24, 2.45) is 0 Å². The van der Waals surface area contributed by atoms with Crippen molar-refractivity contribution in [3.05, 3.63) is 5.69 Å². The first-order chi connectivity index (χ1) is 7.09. The van der Waals surface area contributed by atoms with Gasteiger partial charge in [0.05, 0.1) is 11.4 Å². The van der Waals surface area contributed by atoms with Crippen LogP contribution in [0.1, 0.15) is 44.8 Å². The highest BCUT2D eigenvalue weighted by molar-refractivity contribution is 5.65. The Morgan fingerprint density at radius 1 is 1.47 bits per heavy atom. The van der Waals surface area contributed by atoms with Crippen molar-refractivity contribution < 1.29 is 0 Å². The number of aromatic nitrogens is 2. The highest BCUT2D eigenvalue weighted by Gasteiger charge is 2.22. The Morgan fingerprint density at radius 3 is 2.60 bits per heavy atom. The molecule has 15 heavy (non-hydrogen) atoms. The van der Waals surface area contributed by atoms with Crippen LogP contribution < -0.4 is 11.1 Å². The lowest BCUT2D eigenvalue weighted by molar-refractivity contribution is 0.437. The predicted molar refractivity (Wildman–Crippen MR) is 63.0 cm³/mol. The van der Waals surface area contributed by atoms with Gasteiger partial charge in [0.2, 0.25) is 0 Å². The molecule has 0 radical (unpaired) electrons. The van der Waals surface area contributed by atoms with Crippen LogP contribution in [0.15, 0.2) is 0 Å². The van der Waals surface area contributed by atoms with Gasteiger partial charge in [0.15, 0.2) is 0 Å². The molecule has 4 nitrogen and oxygen atoms in total. The summed E-state index contributed by atoms with van der Waals surface area (Å²) in [4.78, 5) is 0. The molecule has 0 aromatic carbocycles. The Bertz CT molecular complexity index is 350. The van der Waals surface area contributed by atoms with Gasteiger partial charge in [-0.25, -0.2) is 4.68 Å². The molecule has 1 aliphatic carbocycles. The zero-order valence-corrected chi connectivity index (χ0v) is 9.75. The van der Waals surface area contributed by atoms with E-state index in [1.807, 2.05) is 11.6 Å². The molecular formula is C11H20N4. The Kier molecular flexibility index (Phi) is 2.59. The lowest BCUT2D eigenvalue weighted by Gasteiger charge is -2.28. The quantitative estimate of drug-likeness (QED) is 0.801. The first-order valence-electron chi connectivity index (χ1n) is 5.70. The third-order valence-electron chi connectivity index (χ3n) is 3.07. The lowest BCUT2D eigenvalue weighted by Crippen LogP contribution is -2.29. The van der Waals surface area contributed by atoms with Gasteiger partial charge in [-0.15, -0.1) is 0 Å². The van der Waals surface area contributed by atoms with Crippen molar-refractivity contribution in [1.82, 2.24) is 9.78 Å². The second-order valence-corrected chi connectivity index (χ2v) is 4.66. The number of hydrogen-bond donors (Lipinski definition) is 2. The summed E-state index contributed by atoms with van der Waals surface area (Å²) in [6, 6.07) is 0.949. The first kappa shape index (κ1) is 10.3. The molecule has 0 spiro atoms. The second-order valence-electron chi connectivity index (χ2n) is 4.66. The summed E-state index contributed by atoms with van der Waals surface area (Å²) < 4.78 is 1.99. The highest BCUT2D eigenvalue weighted by Crippen LogP contribution is 2.30. The molecule has 2 rings (SSSR count). The van der Waals surface area contributed by atoms with Gasteiger partial charge in [-0.2, -0.15) is 5.10 Å². The van der Waals surface area contributed by atoms with Gasteiger partial charge < -0.3 is 11.1 Å². The molecule has 3 N–H and O–H groups in total. The summed E-state index contributed by atoms with van der Waals surface area (Å²) >= 11 is 0.